The van der Waals surface area contributed by atoms with Crippen LogP contribution in [0, 0.1) is 11.6 Å². The molecule has 0 bridgehead atoms. The highest BCUT2D eigenvalue weighted by Gasteiger charge is 2.32. The maximum atomic E-state index is 14.3. The summed E-state index contributed by atoms with van der Waals surface area (Å²) in [5.74, 6) is -2.82. The van der Waals surface area contributed by atoms with Crippen LogP contribution in [0.3, 0.4) is 0 Å². The van der Waals surface area contributed by atoms with E-state index in [9.17, 15) is 27.1 Å². The van der Waals surface area contributed by atoms with Gasteiger partial charge in [0.05, 0.1) is 16.1 Å². The molecule has 1 aliphatic heterocycles. The van der Waals surface area contributed by atoms with Gasteiger partial charge in [0.2, 0.25) is 0 Å². The number of benzene rings is 2. The number of carboxylic acid groups (broad SMARTS) is 1. The minimum Gasteiger partial charge on any atom is -0.484 e. The molecule has 190 valence electrons. The van der Waals surface area contributed by atoms with Crippen molar-refractivity contribution in [3.8, 4) is 16.9 Å². The number of aromatic carboxylic acids is 1. The zero-order valence-corrected chi connectivity index (χ0v) is 20.3. The summed E-state index contributed by atoms with van der Waals surface area (Å²) in [6.07, 6.45) is 1.83. The van der Waals surface area contributed by atoms with E-state index in [1.165, 1.54) is 12.1 Å². The molecule has 0 fully saturated rings. The molecule has 0 aliphatic carbocycles. The number of allylic oxidation sites excluding steroid dienone is 1. The molecule has 8 nitrogen and oxygen atoms in total. The number of rotatable bonds is 8. The van der Waals surface area contributed by atoms with Crippen molar-refractivity contribution in [3.05, 3.63) is 70.7 Å². The normalized spacial score (nSPS) is 13.4. The first-order valence-corrected chi connectivity index (χ1v) is 12.6. The van der Waals surface area contributed by atoms with E-state index in [0.29, 0.717) is 18.4 Å². The number of hydrogen-bond acceptors (Lipinski definition) is 6. The van der Waals surface area contributed by atoms with Crippen molar-refractivity contribution in [2.45, 2.75) is 38.2 Å². The average Bonchev–Trinajstić information content (AvgIpc) is 3.22. The molecule has 4 rings (SSSR count). The van der Waals surface area contributed by atoms with Crippen LogP contribution in [0.25, 0.3) is 16.7 Å². The van der Waals surface area contributed by atoms with Gasteiger partial charge in [-0.05, 0) is 48.7 Å². The fourth-order valence-corrected chi connectivity index (χ4v) is 5.70. The van der Waals surface area contributed by atoms with Crippen molar-refractivity contribution >= 4 is 27.3 Å². The molecule has 0 atom stereocenters. The molecule has 4 N–H and O–H groups in total. The van der Waals surface area contributed by atoms with Crippen LogP contribution >= 0.6 is 0 Å². The Kier molecular flexibility index (Phi) is 6.87. The van der Waals surface area contributed by atoms with Crippen LogP contribution < -0.4 is 15.2 Å². The maximum Gasteiger partial charge on any atom is 0.341 e. The van der Waals surface area contributed by atoms with Gasteiger partial charge in [-0.25, -0.2) is 22.0 Å². The third-order valence-electron chi connectivity index (χ3n) is 6.06. The van der Waals surface area contributed by atoms with Crippen LogP contribution in [0.15, 0.2) is 51.5 Å². The lowest BCUT2D eigenvalue weighted by atomic mass is 9.96. The van der Waals surface area contributed by atoms with Gasteiger partial charge in [-0.2, -0.15) is 0 Å². The molecule has 1 aromatic heterocycles. The lowest BCUT2D eigenvalue weighted by Crippen LogP contribution is -2.19. The lowest BCUT2D eigenvalue weighted by Gasteiger charge is -2.22. The van der Waals surface area contributed by atoms with Crippen molar-refractivity contribution in [2.75, 3.05) is 11.3 Å². The van der Waals surface area contributed by atoms with Crippen molar-refractivity contribution in [1.82, 2.24) is 0 Å². The molecule has 0 unspecified atom stereocenters. The SMILES string of the molecule is CCC(CN)=C(CC)c1cc(F)ccc1S(=O)(=O)Nc1ccc2c(c1C(=O)O)OCc1occ(F)c1-2. The van der Waals surface area contributed by atoms with Crippen LogP contribution in [0.1, 0.15) is 48.4 Å². The van der Waals surface area contributed by atoms with Gasteiger partial charge in [-0.3, -0.25) is 4.72 Å². The monoisotopic (exact) mass is 518 g/mol. The first-order valence-electron chi connectivity index (χ1n) is 11.2. The molecule has 0 spiro atoms. The summed E-state index contributed by atoms with van der Waals surface area (Å²) in [5.41, 5.74) is 6.74. The van der Waals surface area contributed by atoms with E-state index in [1.807, 2.05) is 13.8 Å². The van der Waals surface area contributed by atoms with Gasteiger partial charge in [0, 0.05) is 17.7 Å². The lowest BCUT2D eigenvalue weighted by molar-refractivity contribution is 0.0692. The number of hydrogen-bond donors (Lipinski definition) is 3. The number of nitrogens with two attached hydrogens (primary N) is 1. The van der Waals surface area contributed by atoms with E-state index in [2.05, 4.69) is 4.72 Å². The maximum absolute atomic E-state index is 14.3. The number of anilines is 1. The Morgan fingerprint density at radius 3 is 2.56 bits per heavy atom. The minimum atomic E-state index is -4.41. The number of ether oxygens (including phenoxy) is 1. The molecule has 11 heteroatoms. The number of halogens is 2. The summed E-state index contributed by atoms with van der Waals surface area (Å²) in [7, 11) is -4.41. The fourth-order valence-electron chi connectivity index (χ4n) is 4.41. The molecule has 3 aromatic rings. The van der Waals surface area contributed by atoms with Crippen LogP contribution in [0.4, 0.5) is 14.5 Å². The molecule has 2 aromatic carbocycles. The van der Waals surface area contributed by atoms with Crippen molar-refractivity contribution < 1.29 is 36.3 Å². The molecule has 36 heavy (non-hydrogen) atoms. The zero-order valence-electron chi connectivity index (χ0n) is 19.5. The summed E-state index contributed by atoms with van der Waals surface area (Å²) in [5, 5.41) is 9.91. The zero-order chi connectivity index (χ0) is 26.2. The predicted octanol–water partition coefficient (Wildman–Crippen LogP) is 5.15. The Morgan fingerprint density at radius 2 is 1.92 bits per heavy atom. The van der Waals surface area contributed by atoms with E-state index in [4.69, 9.17) is 14.9 Å². The van der Waals surface area contributed by atoms with Crippen molar-refractivity contribution in [2.24, 2.45) is 5.73 Å². The van der Waals surface area contributed by atoms with E-state index in [-0.39, 0.29) is 51.9 Å². The van der Waals surface area contributed by atoms with E-state index in [0.717, 1.165) is 30.0 Å². The van der Waals surface area contributed by atoms with Gasteiger partial charge in [-0.1, -0.05) is 19.4 Å². The second kappa shape index (κ2) is 9.75. The van der Waals surface area contributed by atoms with Gasteiger partial charge < -0.3 is 20.0 Å². The highest BCUT2D eigenvalue weighted by molar-refractivity contribution is 7.92. The standard InChI is InChI=1S/C25H24F2N2O6S/c1-3-13(10-28)15(4-2)17-9-14(26)5-8-21(17)36(32,33)29-19-7-6-16-22-18(27)11-34-20(22)12-35-24(16)23(19)25(30)31/h5-9,11,29H,3-4,10,12,28H2,1-2H3,(H,30,31). The predicted molar refractivity (Wildman–Crippen MR) is 129 cm³/mol. The van der Waals surface area contributed by atoms with Crippen molar-refractivity contribution in [1.29, 1.82) is 0 Å². The fraction of sp³-hybridized carbons (Fsp3) is 0.240. The summed E-state index contributed by atoms with van der Waals surface area (Å²) in [6.45, 7) is 3.61. The van der Waals surface area contributed by atoms with Gasteiger partial charge >= 0.3 is 5.97 Å². The topological polar surface area (TPSA) is 132 Å². The second-order valence-electron chi connectivity index (χ2n) is 8.08. The average molecular weight is 519 g/mol. The second-order valence-corrected chi connectivity index (χ2v) is 9.73. The van der Waals surface area contributed by atoms with Gasteiger partial charge in [0.1, 0.15) is 30.0 Å². The summed E-state index contributed by atoms with van der Waals surface area (Å²) in [6, 6.07) is 5.81. The van der Waals surface area contributed by atoms with E-state index >= 15 is 0 Å². The third kappa shape index (κ3) is 4.35. The molecule has 0 radical (unpaired) electrons. The summed E-state index contributed by atoms with van der Waals surface area (Å²) >= 11 is 0. The Hall–Kier alpha value is -3.70. The van der Waals surface area contributed by atoms with Gasteiger partial charge in [0.25, 0.3) is 10.0 Å². The number of sulfonamides is 1. The van der Waals surface area contributed by atoms with E-state index in [1.54, 1.807) is 0 Å². The smallest absolute Gasteiger partial charge is 0.341 e. The Balaban J connectivity index is 1.86. The van der Waals surface area contributed by atoms with Crippen LogP contribution in [0.5, 0.6) is 5.75 Å². The van der Waals surface area contributed by atoms with Crippen LogP contribution in [0.2, 0.25) is 0 Å². The number of carbonyl (C=O) groups is 1. The third-order valence-corrected chi connectivity index (χ3v) is 7.49. The molecule has 2 heterocycles. The van der Waals surface area contributed by atoms with Crippen LogP contribution in [-0.2, 0) is 16.6 Å². The highest BCUT2D eigenvalue weighted by atomic mass is 32.2. The molecular formula is C25H24F2N2O6S. The van der Waals surface area contributed by atoms with Gasteiger partial charge in [0.15, 0.2) is 11.6 Å². The van der Waals surface area contributed by atoms with E-state index < -0.39 is 33.2 Å². The minimum absolute atomic E-state index is 0.0561. The van der Waals surface area contributed by atoms with Crippen molar-refractivity contribution in [3.63, 3.8) is 0 Å². The quantitative estimate of drug-likeness (QED) is 0.376. The molecular weight excluding hydrogens is 494 g/mol. The Morgan fingerprint density at radius 1 is 1.17 bits per heavy atom. The highest BCUT2D eigenvalue weighted by Crippen LogP contribution is 2.45. The Bertz CT molecular complexity index is 1490. The molecule has 0 saturated carbocycles. The Labute approximate surface area is 206 Å². The van der Waals surface area contributed by atoms with Gasteiger partial charge in [-0.15, -0.1) is 0 Å². The number of furan rings is 1. The number of fused-ring (bicyclic) bond motifs is 3. The largest absolute Gasteiger partial charge is 0.484 e. The first kappa shape index (κ1) is 25.4. The number of nitrogens with one attached hydrogen (secondary N) is 1. The molecule has 1 aliphatic rings. The number of carboxylic acids is 1. The van der Waals surface area contributed by atoms with Crippen LogP contribution in [-0.4, -0.2) is 26.0 Å². The summed E-state index contributed by atoms with van der Waals surface area (Å²) < 4.78 is 68.5. The summed E-state index contributed by atoms with van der Waals surface area (Å²) in [4.78, 5) is 11.9. The first-order chi connectivity index (χ1) is 17.1. The molecule has 0 amide bonds. The molecule has 0 saturated heterocycles.